The molecule has 3 atom stereocenters. The van der Waals surface area contributed by atoms with Crippen molar-refractivity contribution in [3.8, 4) is 0 Å². The quantitative estimate of drug-likeness (QED) is 0.708. The number of aliphatic hydroxyl groups is 1. The summed E-state index contributed by atoms with van der Waals surface area (Å²) in [6.45, 7) is 0.0365. The van der Waals surface area contributed by atoms with E-state index in [2.05, 4.69) is 0 Å². The first-order valence-electron chi connectivity index (χ1n) is 7.00. The fourth-order valence-corrected chi connectivity index (χ4v) is 2.59. The molecule has 0 aromatic heterocycles. The third-order valence-corrected chi connectivity index (χ3v) is 3.75. The molecule has 6 nitrogen and oxygen atoms in total. The fourth-order valence-electron chi connectivity index (χ4n) is 2.59. The molecule has 2 unspecified atom stereocenters. The van der Waals surface area contributed by atoms with Crippen molar-refractivity contribution in [2.24, 2.45) is 5.73 Å². The van der Waals surface area contributed by atoms with E-state index in [9.17, 15) is 14.7 Å². The van der Waals surface area contributed by atoms with Crippen LogP contribution in [0.3, 0.4) is 0 Å². The molecule has 1 fully saturated rings. The van der Waals surface area contributed by atoms with Gasteiger partial charge in [0.15, 0.2) is 0 Å². The predicted molar refractivity (Wildman–Crippen MR) is 76.5 cm³/mol. The van der Waals surface area contributed by atoms with Crippen LogP contribution in [0.4, 0.5) is 0 Å². The van der Waals surface area contributed by atoms with Crippen LogP contribution >= 0.6 is 0 Å². The van der Waals surface area contributed by atoms with Crippen LogP contribution in [0, 0.1) is 0 Å². The highest BCUT2D eigenvalue weighted by Gasteiger charge is 2.40. The van der Waals surface area contributed by atoms with Crippen LogP contribution in [0.2, 0.25) is 0 Å². The molecule has 1 aliphatic heterocycles. The molecule has 0 aliphatic carbocycles. The Labute approximate surface area is 123 Å². The van der Waals surface area contributed by atoms with Gasteiger partial charge in [0, 0.05) is 13.0 Å². The maximum Gasteiger partial charge on any atom is 0.326 e. The third kappa shape index (κ3) is 3.80. The van der Waals surface area contributed by atoms with Gasteiger partial charge in [-0.1, -0.05) is 30.3 Å². The number of aliphatic carboxylic acids is 1. The number of rotatable bonds is 5. The van der Waals surface area contributed by atoms with Crippen LogP contribution in [0.25, 0.3) is 0 Å². The van der Waals surface area contributed by atoms with Gasteiger partial charge >= 0.3 is 5.97 Å². The van der Waals surface area contributed by atoms with Crippen molar-refractivity contribution in [2.45, 2.75) is 37.5 Å². The van der Waals surface area contributed by atoms with Gasteiger partial charge in [-0.15, -0.1) is 0 Å². The standard InChI is InChI=1S/C15H20N2O4/c16-12(7-6-10-4-2-1-3-5-10)14(19)17-9-11(18)8-13(17)15(20)21/h1-5,11-13,18H,6-9,16H2,(H,20,21)/t11?,12-,13?/m0/s1. The average molecular weight is 292 g/mol. The molecule has 4 N–H and O–H groups in total. The predicted octanol–water partition coefficient (Wildman–Crippen LogP) is -0.00710. The van der Waals surface area contributed by atoms with E-state index in [1.165, 1.54) is 4.90 Å². The zero-order valence-corrected chi connectivity index (χ0v) is 11.7. The summed E-state index contributed by atoms with van der Waals surface area (Å²) in [4.78, 5) is 24.6. The van der Waals surface area contributed by atoms with Crippen LogP contribution in [-0.4, -0.2) is 51.7 Å². The van der Waals surface area contributed by atoms with Gasteiger partial charge in [-0.2, -0.15) is 0 Å². The molecule has 0 bridgehead atoms. The van der Waals surface area contributed by atoms with E-state index in [0.717, 1.165) is 5.56 Å². The van der Waals surface area contributed by atoms with Crippen LogP contribution in [0.1, 0.15) is 18.4 Å². The Balaban J connectivity index is 1.94. The minimum absolute atomic E-state index is 0.0365. The molecular formula is C15H20N2O4. The fraction of sp³-hybridized carbons (Fsp3) is 0.467. The number of hydrogen-bond acceptors (Lipinski definition) is 4. The third-order valence-electron chi connectivity index (χ3n) is 3.75. The molecule has 1 heterocycles. The molecule has 1 amide bonds. The number of aliphatic hydroxyl groups excluding tert-OH is 1. The van der Waals surface area contributed by atoms with E-state index in [0.29, 0.717) is 12.8 Å². The first-order chi connectivity index (χ1) is 9.99. The van der Waals surface area contributed by atoms with Gasteiger partial charge in [0.1, 0.15) is 6.04 Å². The monoisotopic (exact) mass is 292 g/mol. The number of aryl methyl sites for hydroxylation is 1. The Morgan fingerprint density at radius 3 is 2.62 bits per heavy atom. The van der Waals surface area contributed by atoms with Crippen molar-refractivity contribution in [1.29, 1.82) is 0 Å². The van der Waals surface area contributed by atoms with E-state index in [-0.39, 0.29) is 13.0 Å². The topological polar surface area (TPSA) is 104 Å². The summed E-state index contributed by atoms with van der Waals surface area (Å²) in [7, 11) is 0. The van der Waals surface area contributed by atoms with Crippen molar-refractivity contribution in [3.05, 3.63) is 35.9 Å². The average Bonchev–Trinajstić information content (AvgIpc) is 2.87. The Bertz CT molecular complexity index is 506. The Kier molecular flexibility index (Phi) is 4.93. The molecule has 2 rings (SSSR count). The van der Waals surface area contributed by atoms with Gasteiger partial charge < -0.3 is 20.8 Å². The van der Waals surface area contributed by atoms with Crippen molar-refractivity contribution in [3.63, 3.8) is 0 Å². The lowest BCUT2D eigenvalue weighted by atomic mass is 10.0. The number of carboxylic acid groups (broad SMARTS) is 1. The molecule has 1 aromatic rings. The van der Waals surface area contributed by atoms with Crippen molar-refractivity contribution < 1.29 is 19.8 Å². The van der Waals surface area contributed by atoms with Gasteiger partial charge in [0.2, 0.25) is 5.91 Å². The van der Waals surface area contributed by atoms with E-state index < -0.39 is 30.1 Å². The van der Waals surface area contributed by atoms with Crippen LogP contribution < -0.4 is 5.73 Å². The van der Waals surface area contributed by atoms with Crippen molar-refractivity contribution in [2.75, 3.05) is 6.54 Å². The molecule has 21 heavy (non-hydrogen) atoms. The number of benzene rings is 1. The first kappa shape index (κ1) is 15.5. The van der Waals surface area contributed by atoms with Gasteiger partial charge in [0.25, 0.3) is 0 Å². The lowest BCUT2D eigenvalue weighted by Gasteiger charge is -2.24. The summed E-state index contributed by atoms with van der Waals surface area (Å²) in [6, 6.07) is 7.93. The molecule has 0 spiro atoms. The summed E-state index contributed by atoms with van der Waals surface area (Å²) in [5, 5.41) is 18.7. The summed E-state index contributed by atoms with van der Waals surface area (Å²) in [5.41, 5.74) is 6.97. The lowest BCUT2D eigenvalue weighted by molar-refractivity contribution is -0.148. The number of nitrogens with zero attached hydrogens (tertiary/aromatic N) is 1. The number of amides is 1. The number of hydrogen-bond donors (Lipinski definition) is 3. The van der Waals surface area contributed by atoms with Crippen LogP contribution in [0.5, 0.6) is 0 Å². The first-order valence-corrected chi connectivity index (χ1v) is 7.00. The molecule has 0 radical (unpaired) electrons. The molecule has 114 valence electrons. The smallest absolute Gasteiger partial charge is 0.326 e. The zero-order chi connectivity index (χ0) is 15.4. The number of carbonyl (C=O) groups excluding carboxylic acids is 1. The largest absolute Gasteiger partial charge is 0.480 e. The lowest BCUT2D eigenvalue weighted by Crippen LogP contribution is -2.48. The highest BCUT2D eigenvalue weighted by atomic mass is 16.4. The maximum atomic E-state index is 12.3. The molecule has 6 heteroatoms. The molecule has 1 saturated heterocycles. The number of carboxylic acids is 1. The zero-order valence-electron chi connectivity index (χ0n) is 11.7. The molecule has 1 aromatic carbocycles. The van der Waals surface area contributed by atoms with E-state index in [1.54, 1.807) is 0 Å². The minimum Gasteiger partial charge on any atom is -0.480 e. The summed E-state index contributed by atoms with van der Waals surface area (Å²) < 4.78 is 0. The second kappa shape index (κ2) is 6.69. The summed E-state index contributed by atoms with van der Waals surface area (Å²) in [5.74, 6) is -1.51. The van der Waals surface area contributed by atoms with E-state index in [4.69, 9.17) is 10.8 Å². The second-order valence-corrected chi connectivity index (χ2v) is 5.36. The Morgan fingerprint density at radius 1 is 1.33 bits per heavy atom. The second-order valence-electron chi connectivity index (χ2n) is 5.36. The summed E-state index contributed by atoms with van der Waals surface area (Å²) in [6.07, 6.45) is 0.368. The maximum absolute atomic E-state index is 12.3. The van der Waals surface area contributed by atoms with E-state index in [1.807, 2.05) is 30.3 Å². The van der Waals surface area contributed by atoms with Crippen LogP contribution in [-0.2, 0) is 16.0 Å². The molecule has 0 saturated carbocycles. The Hall–Kier alpha value is -1.92. The van der Waals surface area contributed by atoms with Gasteiger partial charge in [-0.3, -0.25) is 4.79 Å². The minimum atomic E-state index is -1.10. The highest BCUT2D eigenvalue weighted by Crippen LogP contribution is 2.19. The van der Waals surface area contributed by atoms with Gasteiger partial charge in [-0.05, 0) is 18.4 Å². The number of β-amino-alcohol motifs (C(OH)–C–C–N with tert-alkyl or cyclic N) is 1. The number of likely N-dealkylation sites (tertiary alicyclic amines) is 1. The highest BCUT2D eigenvalue weighted by molar-refractivity contribution is 5.87. The normalized spacial score (nSPS) is 23.0. The number of carbonyl (C=O) groups is 2. The summed E-state index contributed by atoms with van der Waals surface area (Å²) >= 11 is 0. The van der Waals surface area contributed by atoms with E-state index >= 15 is 0 Å². The Morgan fingerprint density at radius 2 is 2.00 bits per heavy atom. The molecule has 1 aliphatic rings. The molecular weight excluding hydrogens is 272 g/mol. The van der Waals surface area contributed by atoms with Crippen LogP contribution in [0.15, 0.2) is 30.3 Å². The number of nitrogens with two attached hydrogens (primary N) is 1. The van der Waals surface area contributed by atoms with Gasteiger partial charge in [0.05, 0.1) is 12.1 Å². The van der Waals surface area contributed by atoms with Crippen molar-refractivity contribution in [1.82, 2.24) is 4.90 Å². The SMILES string of the molecule is N[C@@H](CCc1ccccc1)C(=O)N1CC(O)CC1C(=O)O. The van der Waals surface area contributed by atoms with Gasteiger partial charge in [-0.25, -0.2) is 4.79 Å². The van der Waals surface area contributed by atoms with Crippen molar-refractivity contribution >= 4 is 11.9 Å².